The lowest BCUT2D eigenvalue weighted by atomic mass is 10.0. The van der Waals surface area contributed by atoms with Crippen LogP contribution in [0.4, 0.5) is 10.7 Å². The molecular formula is C24H26N4O5S2. The number of carbonyl (C=O) groups excluding carboxylic acids is 3. The van der Waals surface area contributed by atoms with Gasteiger partial charge in [0.05, 0.1) is 23.8 Å². The maximum absolute atomic E-state index is 13.1. The van der Waals surface area contributed by atoms with Crippen LogP contribution < -0.4 is 10.6 Å². The fourth-order valence-corrected chi connectivity index (χ4v) is 5.88. The third-order valence-electron chi connectivity index (χ3n) is 5.48. The predicted octanol–water partition coefficient (Wildman–Crippen LogP) is 3.84. The molecule has 9 nitrogen and oxygen atoms in total. The van der Waals surface area contributed by atoms with Crippen molar-refractivity contribution in [2.45, 2.75) is 56.2 Å². The molecule has 1 aliphatic rings. The zero-order chi connectivity index (χ0) is 25.5. The van der Waals surface area contributed by atoms with Crippen molar-refractivity contribution in [3.05, 3.63) is 40.3 Å². The van der Waals surface area contributed by atoms with Gasteiger partial charge in [-0.3, -0.25) is 19.2 Å². The van der Waals surface area contributed by atoms with Gasteiger partial charge in [0.15, 0.2) is 0 Å². The predicted molar refractivity (Wildman–Crippen MR) is 134 cm³/mol. The summed E-state index contributed by atoms with van der Waals surface area (Å²) in [5.41, 5.74) is 1.89. The molecule has 3 N–H and O–H groups in total. The lowest BCUT2D eigenvalue weighted by Crippen LogP contribution is -2.33. The maximum Gasteiger partial charge on any atom is 0.303 e. The molecule has 1 aliphatic heterocycles. The third-order valence-corrected chi connectivity index (χ3v) is 7.97. The zero-order valence-corrected chi connectivity index (χ0v) is 21.1. The minimum Gasteiger partial charge on any atom is -0.481 e. The van der Waals surface area contributed by atoms with E-state index in [4.69, 9.17) is 5.11 Å². The molecule has 35 heavy (non-hydrogen) atoms. The number of fused-ring (bicyclic) bond motifs is 1. The topological polar surface area (TPSA) is 140 Å². The van der Waals surface area contributed by atoms with Crippen LogP contribution in [-0.2, 0) is 32.1 Å². The van der Waals surface area contributed by atoms with E-state index in [1.165, 1.54) is 30.0 Å². The Bertz CT molecular complexity index is 1190. The van der Waals surface area contributed by atoms with Crippen molar-refractivity contribution < 1.29 is 24.3 Å². The molecule has 3 rings (SSSR count). The van der Waals surface area contributed by atoms with Gasteiger partial charge >= 0.3 is 5.97 Å². The molecule has 2 heterocycles. The number of rotatable bonds is 9. The Kier molecular flexibility index (Phi) is 8.89. The maximum atomic E-state index is 13.1. The largest absolute Gasteiger partial charge is 0.481 e. The summed E-state index contributed by atoms with van der Waals surface area (Å²) in [5, 5.41) is 24.1. The third kappa shape index (κ3) is 6.83. The summed E-state index contributed by atoms with van der Waals surface area (Å²) < 4.78 is 0. The number of nitriles is 1. The van der Waals surface area contributed by atoms with E-state index in [0.29, 0.717) is 42.2 Å². The first-order chi connectivity index (χ1) is 16.7. The molecule has 184 valence electrons. The monoisotopic (exact) mass is 514 g/mol. The number of hydrogen-bond acceptors (Lipinski definition) is 7. The van der Waals surface area contributed by atoms with Crippen molar-refractivity contribution in [3.63, 3.8) is 0 Å². The number of benzene rings is 1. The second-order valence-electron chi connectivity index (χ2n) is 7.98. The van der Waals surface area contributed by atoms with E-state index in [9.17, 15) is 24.4 Å². The Morgan fingerprint density at radius 3 is 2.69 bits per heavy atom. The summed E-state index contributed by atoms with van der Waals surface area (Å²) in [7, 11) is 0. The highest BCUT2D eigenvalue weighted by molar-refractivity contribution is 8.00. The number of carbonyl (C=O) groups is 4. The van der Waals surface area contributed by atoms with Gasteiger partial charge in [0.1, 0.15) is 11.1 Å². The normalized spacial score (nSPS) is 13.3. The average Bonchev–Trinajstić information content (AvgIpc) is 3.17. The van der Waals surface area contributed by atoms with Crippen LogP contribution in [0, 0.1) is 11.3 Å². The highest BCUT2D eigenvalue weighted by Crippen LogP contribution is 2.37. The fourth-order valence-electron chi connectivity index (χ4n) is 3.65. The molecule has 0 spiro atoms. The molecule has 0 fully saturated rings. The molecule has 0 saturated carbocycles. The van der Waals surface area contributed by atoms with Gasteiger partial charge in [-0.05, 0) is 36.6 Å². The first kappa shape index (κ1) is 26.2. The number of hydrogen-bond donors (Lipinski definition) is 3. The van der Waals surface area contributed by atoms with E-state index in [0.717, 1.165) is 15.3 Å². The van der Waals surface area contributed by atoms with Crippen molar-refractivity contribution in [2.24, 2.45) is 0 Å². The van der Waals surface area contributed by atoms with Gasteiger partial charge in [-0.15, -0.1) is 23.1 Å². The first-order valence-corrected chi connectivity index (χ1v) is 12.8. The Hall–Kier alpha value is -3.36. The summed E-state index contributed by atoms with van der Waals surface area (Å²) in [4.78, 5) is 50.8. The van der Waals surface area contributed by atoms with Crippen LogP contribution in [0.5, 0.6) is 0 Å². The highest BCUT2D eigenvalue weighted by atomic mass is 32.2. The molecule has 1 unspecified atom stereocenters. The SMILES string of the molecule is CCC(Sc1cccc(NC(=O)CCC(=O)O)c1)C(=O)Nc1sc2c(c1C#N)CCN(C(C)=O)C2. The van der Waals surface area contributed by atoms with E-state index < -0.39 is 17.1 Å². The molecule has 2 aromatic rings. The quantitative estimate of drug-likeness (QED) is 0.432. The van der Waals surface area contributed by atoms with Crippen molar-refractivity contribution in [1.82, 2.24) is 4.90 Å². The van der Waals surface area contributed by atoms with Crippen LogP contribution in [0.15, 0.2) is 29.2 Å². The van der Waals surface area contributed by atoms with Crippen molar-refractivity contribution in [3.8, 4) is 6.07 Å². The number of anilines is 2. The van der Waals surface area contributed by atoms with Gasteiger partial charge < -0.3 is 20.6 Å². The van der Waals surface area contributed by atoms with Crippen molar-refractivity contribution in [2.75, 3.05) is 17.2 Å². The summed E-state index contributed by atoms with van der Waals surface area (Å²) in [5.74, 6) is -1.68. The molecule has 1 aromatic heterocycles. The van der Waals surface area contributed by atoms with Crippen LogP contribution in [-0.4, -0.2) is 45.5 Å². The van der Waals surface area contributed by atoms with E-state index in [2.05, 4.69) is 16.7 Å². The van der Waals surface area contributed by atoms with Crippen molar-refractivity contribution >= 4 is 57.5 Å². The lowest BCUT2D eigenvalue weighted by molar-refractivity contribution is -0.138. The number of nitrogens with zero attached hydrogens (tertiary/aromatic N) is 2. The molecule has 0 bridgehead atoms. The summed E-state index contributed by atoms with van der Waals surface area (Å²) in [6.07, 6.45) is 0.753. The number of carboxylic acids is 1. The van der Waals surface area contributed by atoms with Gasteiger partial charge in [0, 0.05) is 35.3 Å². The molecule has 1 aromatic carbocycles. The summed E-state index contributed by atoms with van der Waals surface area (Å²) >= 11 is 2.68. The molecule has 11 heteroatoms. The Balaban J connectivity index is 1.68. The number of carboxylic acid groups (broad SMARTS) is 1. The number of thioether (sulfide) groups is 1. The van der Waals surface area contributed by atoms with Crippen LogP contribution >= 0.6 is 23.1 Å². The van der Waals surface area contributed by atoms with Crippen LogP contribution in [0.3, 0.4) is 0 Å². The first-order valence-electron chi connectivity index (χ1n) is 11.1. The molecular weight excluding hydrogens is 488 g/mol. The number of amides is 3. The second kappa shape index (κ2) is 11.9. The Labute approximate surface area is 211 Å². The lowest BCUT2D eigenvalue weighted by Gasteiger charge is -2.25. The van der Waals surface area contributed by atoms with Gasteiger partial charge in [-0.2, -0.15) is 5.26 Å². The van der Waals surface area contributed by atoms with Gasteiger partial charge in [0.2, 0.25) is 17.7 Å². The molecule has 0 saturated heterocycles. The Morgan fingerprint density at radius 2 is 2.03 bits per heavy atom. The number of aliphatic carboxylic acids is 1. The number of thiophene rings is 1. The fraction of sp³-hybridized carbons (Fsp3) is 0.375. The minimum absolute atomic E-state index is 0.0177. The van der Waals surface area contributed by atoms with Gasteiger partial charge in [-0.25, -0.2) is 0 Å². The van der Waals surface area contributed by atoms with E-state index in [1.807, 2.05) is 13.0 Å². The van der Waals surface area contributed by atoms with Gasteiger partial charge in [-0.1, -0.05) is 13.0 Å². The van der Waals surface area contributed by atoms with E-state index in [-0.39, 0.29) is 24.7 Å². The molecule has 0 radical (unpaired) electrons. The molecule has 3 amide bonds. The van der Waals surface area contributed by atoms with Crippen LogP contribution in [0.2, 0.25) is 0 Å². The second-order valence-corrected chi connectivity index (χ2v) is 10.4. The zero-order valence-electron chi connectivity index (χ0n) is 19.4. The Morgan fingerprint density at radius 1 is 1.26 bits per heavy atom. The summed E-state index contributed by atoms with van der Waals surface area (Å²) in [6.45, 7) is 4.41. The summed E-state index contributed by atoms with van der Waals surface area (Å²) in [6, 6.07) is 9.22. The standard InChI is InChI=1S/C24H26N4O5S2/c1-3-19(34-16-6-4-5-15(11-16)26-21(30)7-8-22(31)32)23(33)27-24-18(12-25)17-9-10-28(14(2)29)13-20(17)35-24/h4-6,11,19H,3,7-10,13H2,1-2H3,(H,26,30)(H,27,33)(H,31,32). The highest BCUT2D eigenvalue weighted by Gasteiger charge is 2.27. The molecule has 1 atom stereocenters. The van der Waals surface area contributed by atoms with Crippen molar-refractivity contribution in [1.29, 1.82) is 5.26 Å². The van der Waals surface area contributed by atoms with E-state index >= 15 is 0 Å². The van der Waals surface area contributed by atoms with Gasteiger partial charge in [0.25, 0.3) is 0 Å². The smallest absolute Gasteiger partial charge is 0.303 e. The minimum atomic E-state index is -1.04. The van der Waals surface area contributed by atoms with Crippen LogP contribution in [0.1, 0.15) is 49.1 Å². The average molecular weight is 515 g/mol. The number of nitrogens with one attached hydrogen (secondary N) is 2. The van der Waals surface area contributed by atoms with Crippen LogP contribution in [0.25, 0.3) is 0 Å². The van der Waals surface area contributed by atoms with E-state index in [1.54, 1.807) is 23.1 Å². The molecule has 0 aliphatic carbocycles.